The number of hydrogen-bond acceptors (Lipinski definition) is 6. The van der Waals surface area contributed by atoms with E-state index in [2.05, 4.69) is 22.4 Å². The molecule has 3 aromatic rings. The smallest absolute Gasteiger partial charge is 0.204 e. The summed E-state index contributed by atoms with van der Waals surface area (Å²) in [5.74, 6) is 1.16. The Kier molecular flexibility index (Phi) is 6.90. The first-order valence-corrected chi connectivity index (χ1v) is 10.2. The van der Waals surface area contributed by atoms with Crippen LogP contribution in [0.25, 0.3) is 11.3 Å². The molecule has 28 heavy (non-hydrogen) atoms. The van der Waals surface area contributed by atoms with Gasteiger partial charge in [0.05, 0.1) is 30.1 Å². The van der Waals surface area contributed by atoms with Crippen LogP contribution in [0.4, 0.5) is 5.13 Å². The maximum Gasteiger partial charge on any atom is 0.204 e. The van der Waals surface area contributed by atoms with Crippen LogP contribution in [-0.2, 0) is 0 Å². The molecule has 7 heteroatoms. The van der Waals surface area contributed by atoms with Crippen molar-refractivity contribution in [3.63, 3.8) is 0 Å². The second kappa shape index (κ2) is 9.57. The Morgan fingerprint density at radius 3 is 2.61 bits per heavy atom. The molecule has 0 spiro atoms. The molecule has 0 saturated carbocycles. The monoisotopic (exact) mass is 415 g/mol. The summed E-state index contributed by atoms with van der Waals surface area (Å²) in [5, 5.41) is 5.52. The summed E-state index contributed by atoms with van der Waals surface area (Å²) < 4.78 is 11.2. The highest BCUT2D eigenvalue weighted by Gasteiger charge is 2.12. The fourth-order valence-corrected chi connectivity index (χ4v) is 3.74. The number of thiazole rings is 1. The van der Waals surface area contributed by atoms with E-state index in [0.717, 1.165) is 26.8 Å². The maximum atomic E-state index is 6.34. The molecule has 0 bridgehead atoms. The average Bonchev–Trinajstić information content (AvgIpc) is 3.06. The molecule has 1 aromatic heterocycles. The number of nitrogens with zero attached hydrogens (tertiary/aromatic N) is 2. The molecule has 0 aliphatic carbocycles. The summed E-state index contributed by atoms with van der Waals surface area (Å²) in [6, 6.07) is 13.7. The van der Waals surface area contributed by atoms with Crippen molar-refractivity contribution in [2.45, 2.75) is 20.8 Å². The van der Waals surface area contributed by atoms with E-state index in [0.29, 0.717) is 29.7 Å². The van der Waals surface area contributed by atoms with Crippen LogP contribution in [0.3, 0.4) is 0 Å². The lowest BCUT2D eigenvalue weighted by Crippen LogP contribution is -2.00. The van der Waals surface area contributed by atoms with Gasteiger partial charge in [0.25, 0.3) is 0 Å². The summed E-state index contributed by atoms with van der Waals surface area (Å²) in [7, 11) is 0. The highest BCUT2D eigenvalue weighted by molar-refractivity contribution is 7.15. The number of halogens is 1. The van der Waals surface area contributed by atoms with E-state index in [-0.39, 0.29) is 0 Å². The number of ether oxygens (including phenoxy) is 2. The van der Waals surface area contributed by atoms with Crippen LogP contribution in [0.15, 0.2) is 47.6 Å². The molecule has 2 aromatic carbocycles. The molecule has 0 unspecified atom stereocenters. The van der Waals surface area contributed by atoms with Gasteiger partial charge in [0.15, 0.2) is 11.5 Å². The normalized spacial score (nSPS) is 11.0. The average molecular weight is 416 g/mol. The number of rotatable bonds is 8. The zero-order chi connectivity index (χ0) is 19.9. The first kappa shape index (κ1) is 20.2. The topological polar surface area (TPSA) is 55.7 Å². The molecular weight excluding hydrogens is 394 g/mol. The van der Waals surface area contributed by atoms with Gasteiger partial charge in [-0.25, -0.2) is 4.98 Å². The second-order valence-electron chi connectivity index (χ2n) is 5.86. The lowest BCUT2D eigenvalue weighted by molar-refractivity contribution is 0.288. The van der Waals surface area contributed by atoms with Gasteiger partial charge in [0.1, 0.15) is 0 Å². The molecule has 0 aliphatic heterocycles. The third-order valence-electron chi connectivity index (χ3n) is 3.84. The van der Waals surface area contributed by atoms with E-state index < -0.39 is 0 Å². The Morgan fingerprint density at radius 1 is 1.14 bits per heavy atom. The van der Waals surface area contributed by atoms with Crippen molar-refractivity contribution < 1.29 is 9.47 Å². The predicted octanol–water partition coefficient (Wildman–Crippen LogP) is 6.02. The van der Waals surface area contributed by atoms with E-state index in [1.165, 1.54) is 0 Å². The van der Waals surface area contributed by atoms with Crippen LogP contribution in [0, 0.1) is 6.92 Å². The standard InChI is InChI=1S/C21H22ClN3O2S/c1-4-26-18-12-15(11-17(22)20(18)27-5-2)13-23-25-21-24-19(14(3)28-21)16-9-7-6-8-10-16/h6-13H,4-5H2,1-3H3,(H,24,25)/b23-13-. The molecule has 0 atom stereocenters. The zero-order valence-corrected chi connectivity index (χ0v) is 17.6. The number of aryl methyl sites for hydroxylation is 1. The Labute approximate surface area is 174 Å². The van der Waals surface area contributed by atoms with Crippen molar-refractivity contribution in [2.24, 2.45) is 5.10 Å². The number of hydrazone groups is 1. The molecule has 1 N–H and O–H groups in total. The molecule has 1 heterocycles. The van der Waals surface area contributed by atoms with Crippen molar-refractivity contribution in [3.8, 4) is 22.8 Å². The van der Waals surface area contributed by atoms with Gasteiger partial charge in [-0.3, -0.25) is 5.43 Å². The lowest BCUT2D eigenvalue weighted by Gasteiger charge is -2.13. The van der Waals surface area contributed by atoms with Crippen molar-refractivity contribution in [3.05, 3.63) is 57.9 Å². The summed E-state index contributed by atoms with van der Waals surface area (Å²) in [5.41, 5.74) is 5.86. The summed E-state index contributed by atoms with van der Waals surface area (Å²) >= 11 is 7.90. The molecule has 0 aliphatic rings. The van der Waals surface area contributed by atoms with Gasteiger partial charge < -0.3 is 9.47 Å². The molecular formula is C21H22ClN3O2S. The highest BCUT2D eigenvalue weighted by Crippen LogP contribution is 2.36. The van der Waals surface area contributed by atoms with Crippen LogP contribution >= 0.6 is 22.9 Å². The van der Waals surface area contributed by atoms with Crippen molar-refractivity contribution >= 4 is 34.3 Å². The Hall–Kier alpha value is -2.57. The van der Waals surface area contributed by atoms with E-state index in [4.69, 9.17) is 21.1 Å². The maximum absolute atomic E-state index is 6.34. The molecule has 0 amide bonds. The van der Waals surface area contributed by atoms with E-state index in [9.17, 15) is 0 Å². The molecule has 3 rings (SSSR count). The third kappa shape index (κ3) is 4.82. The number of aromatic nitrogens is 1. The summed E-state index contributed by atoms with van der Waals surface area (Å²) in [4.78, 5) is 5.77. The minimum absolute atomic E-state index is 0.491. The minimum Gasteiger partial charge on any atom is -0.490 e. The highest BCUT2D eigenvalue weighted by atomic mass is 35.5. The van der Waals surface area contributed by atoms with Crippen LogP contribution in [0.1, 0.15) is 24.3 Å². The fraction of sp³-hybridized carbons (Fsp3) is 0.238. The van der Waals surface area contributed by atoms with Gasteiger partial charge >= 0.3 is 0 Å². The van der Waals surface area contributed by atoms with Gasteiger partial charge in [0.2, 0.25) is 5.13 Å². The molecule has 0 fully saturated rings. The van der Waals surface area contributed by atoms with Gasteiger partial charge in [-0.05, 0) is 38.5 Å². The molecule has 5 nitrogen and oxygen atoms in total. The second-order valence-corrected chi connectivity index (χ2v) is 7.47. The van der Waals surface area contributed by atoms with Crippen LogP contribution in [0.2, 0.25) is 5.02 Å². The lowest BCUT2D eigenvalue weighted by atomic mass is 10.1. The van der Waals surface area contributed by atoms with Gasteiger partial charge in [-0.15, -0.1) is 11.3 Å². The van der Waals surface area contributed by atoms with E-state index in [1.54, 1.807) is 23.6 Å². The Morgan fingerprint density at radius 2 is 1.89 bits per heavy atom. The molecule has 0 radical (unpaired) electrons. The number of anilines is 1. The number of hydrogen-bond donors (Lipinski definition) is 1. The number of nitrogens with one attached hydrogen (secondary N) is 1. The number of benzene rings is 2. The Bertz CT molecular complexity index is 958. The first-order valence-electron chi connectivity index (χ1n) is 9.03. The SMILES string of the molecule is CCOc1cc(/C=N\Nc2nc(-c3ccccc3)c(C)s2)cc(Cl)c1OCC. The Balaban J connectivity index is 1.76. The van der Waals surface area contributed by atoms with Crippen molar-refractivity contribution in [2.75, 3.05) is 18.6 Å². The summed E-state index contributed by atoms with van der Waals surface area (Å²) in [6.45, 7) is 6.92. The third-order valence-corrected chi connectivity index (χ3v) is 4.99. The zero-order valence-electron chi connectivity index (χ0n) is 16.0. The van der Waals surface area contributed by atoms with Crippen LogP contribution in [-0.4, -0.2) is 24.4 Å². The quantitative estimate of drug-likeness (QED) is 0.361. The summed E-state index contributed by atoms with van der Waals surface area (Å²) in [6.07, 6.45) is 1.68. The van der Waals surface area contributed by atoms with E-state index in [1.807, 2.05) is 50.2 Å². The molecule has 146 valence electrons. The van der Waals surface area contributed by atoms with E-state index >= 15 is 0 Å². The molecule has 0 saturated heterocycles. The van der Waals surface area contributed by atoms with Crippen molar-refractivity contribution in [1.82, 2.24) is 4.98 Å². The first-order chi connectivity index (χ1) is 13.6. The van der Waals surface area contributed by atoms with Crippen LogP contribution in [0.5, 0.6) is 11.5 Å². The van der Waals surface area contributed by atoms with Gasteiger partial charge in [-0.1, -0.05) is 41.9 Å². The largest absolute Gasteiger partial charge is 0.490 e. The van der Waals surface area contributed by atoms with Crippen LogP contribution < -0.4 is 14.9 Å². The fourth-order valence-electron chi connectivity index (χ4n) is 2.68. The van der Waals surface area contributed by atoms with Gasteiger partial charge in [0, 0.05) is 10.4 Å². The van der Waals surface area contributed by atoms with Crippen molar-refractivity contribution in [1.29, 1.82) is 0 Å². The predicted molar refractivity (Wildman–Crippen MR) is 117 cm³/mol. The van der Waals surface area contributed by atoms with Gasteiger partial charge in [-0.2, -0.15) is 5.10 Å². The minimum atomic E-state index is 0.491.